The Balaban J connectivity index is 2.37. The minimum absolute atomic E-state index is 0.0213. The first-order valence-electron chi connectivity index (χ1n) is 4.18. The molecule has 0 saturated carbocycles. The van der Waals surface area contributed by atoms with Gasteiger partial charge in [-0.25, -0.2) is 8.78 Å². The molecule has 0 amide bonds. The van der Waals surface area contributed by atoms with Crippen LogP contribution in [0, 0.1) is 0 Å². The summed E-state index contributed by atoms with van der Waals surface area (Å²) in [6.07, 6.45) is 0.364. The van der Waals surface area contributed by atoms with Gasteiger partial charge in [-0.05, 0) is 0 Å². The normalized spacial score (nSPS) is 18.1. The summed E-state index contributed by atoms with van der Waals surface area (Å²) >= 11 is 1.47. The Morgan fingerprint density at radius 1 is 1.58 bits per heavy atom. The number of hydrogen-bond acceptors (Lipinski definition) is 2. The first-order chi connectivity index (χ1) is 5.64. The van der Waals surface area contributed by atoms with Gasteiger partial charge in [-0.2, -0.15) is 0 Å². The van der Waals surface area contributed by atoms with Crippen molar-refractivity contribution in [2.45, 2.75) is 32.1 Å². The van der Waals surface area contributed by atoms with Crippen molar-refractivity contribution in [3.8, 4) is 0 Å². The van der Waals surface area contributed by atoms with Crippen molar-refractivity contribution in [3.05, 3.63) is 0 Å². The van der Waals surface area contributed by atoms with Gasteiger partial charge in [0.15, 0.2) is 0 Å². The summed E-state index contributed by atoms with van der Waals surface area (Å²) in [4.78, 5) is 4.00. The Labute approximate surface area is 75.6 Å². The lowest BCUT2D eigenvalue weighted by Crippen LogP contribution is -2.18. The van der Waals surface area contributed by atoms with Crippen molar-refractivity contribution < 1.29 is 8.78 Å². The smallest absolute Gasteiger partial charge is 0.254 e. The van der Waals surface area contributed by atoms with E-state index >= 15 is 0 Å². The molecule has 0 aliphatic carbocycles. The Morgan fingerprint density at radius 2 is 2.33 bits per heavy atom. The molecule has 70 valence electrons. The average molecular weight is 193 g/mol. The van der Waals surface area contributed by atoms with E-state index in [-0.39, 0.29) is 12.8 Å². The van der Waals surface area contributed by atoms with Gasteiger partial charge in [-0.3, -0.25) is 4.99 Å². The lowest BCUT2D eigenvalue weighted by atomic mass is 10.1. The van der Waals surface area contributed by atoms with Gasteiger partial charge in [-0.15, -0.1) is 11.8 Å². The Hall–Kier alpha value is -0.120. The third-order valence-corrected chi connectivity index (χ3v) is 2.67. The monoisotopic (exact) mass is 193 g/mol. The number of hydrogen-bond donors (Lipinski definition) is 0. The largest absolute Gasteiger partial charge is 0.282 e. The molecule has 4 heteroatoms. The highest BCUT2D eigenvalue weighted by atomic mass is 32.2. The quantitative estimate of drug-likeness (QED) is 0.668. The molecule has 0 aromatic heterocycles. The van der Waals surface area contributed by atoms with Gasteiger partial charge < -0.3 is 0 Å². The highest BCUT2D eigenvalue weighted by molar-refractivity contribution is 8.14. The van der Waals surface area contributed by atoms with Crippen LogP contribution in [-0.2, 0) is 0 Å². The highest BCUT2D eigenvalue weighted by Crippen LogP contribution is 2.29. The third kappa shape index (κ3) is 3.09. The second kappa shape index (κ2) is 4.21. The molecule has 0 aromatic carbocycles. The van der Waals surface area contributed by atoms with Crippen LogP contribution in [0.5, 0.6) is 0 Å². The van der Waals surface area contributed by atoms with E-state index in [2.05, 4.69) is 4.99 Å². The van der Waals surface area contributed by atoms with E-state index < -0.39 is 5.92 Å². The van der Waals surface area contributed by atoms with Crippen LogP contribution >= 0.6 is 11.8 Å². The summed E-state index contributed by atoms with van der Waals surface area (Å²) in [5.74, 6) is -1.66. The SMILES string of the molecule is CCCC(F)(F)CC1=NCCS1. The molecule has 1 heterocycles. The van der Waals surface area contributed by atoms with Crippen LogP contribution in [0.2, 0.25) is 0 Å². The number of halogens is 2. The van der Waals surface area contributed by atoms with Crippen molar-refractivity contribution in [1.82, 2.24) is 0 Å². The van der Waals surface area contributed by atoms with Crippen molar-refractivity contribution in [3.63, 3.8) is 0 Å². The maximum absolute atomic E-state index is 13.0. The number of alkyl halides is 2. The molecule has 0 unspecified atom stereocenters. The molecule has 0 aromatic rings. The second-order valence-corrected chi connectivity index (χ2v) is 4.07. The molecule has 0 N–H and O–H groups in total. The van der Waals surface area contributed by atoms with Crippen LogP contribution in [0.1, 0.15) is 26.2 Å². The Bertz CT molecular complexity index is 180. The maximum Gasteiger partial charge on any atom is 0.254 e. The number of thioether (sulfide) groups is 1. The summed E-state index contributed by atoms with van der Waals surface area (Å²) in [5, 5.41) is 0.633. The maximum atomic E-state index is 13.0. The van der Waals surface area contributed by atoms with E-state index in [1.54, 1.807) is 6.92 Å². The number of nitrogens with zero attached hydrogens (tertiary/aromatic N) is 1. The lowest BCUT2D eigenvalue weighted by molar-refractivity contribution is 0.000181. The van der Waals surface area contributed by atoms with Crippen molar-refractivity contribution in [1.29, 1.82) is 0 Å². The van der Waals surface area contributed by atoms with Crippen LogP contribution in [0.4, 0.5) is 8.78 Å². The van der Waals surface area contributed by atoms with Crippen LogP contribution in [0.25, 0.3) is 0 Å². The minimum Gasteiger partial charge on any atom is -0.282 e. The zero-order chi connectivity index (χ0) is 9.03. The topological polar surface area (TPSA) is 12.4 Å². The van der Waals surface area contributed by atoms with Crippen LogP contribution < -0.4 is 0 Å². The molecule has 0 fully saturated rings. The molecule has 1 nitrogen and oxygen atoms in total. The van der Waals surface area contributed by atoms with Gasteiger partial charge in [0.2, 0.25) is 0 Å². The van der Waals surface area contributed by atoms with Gasteiger partial charge in [0.1, 0.15) is 0 Å². The Morgan fingerprint density at radius 3 is 2.83 bits per heavy atom. The predicted molar refractivity (Wildman–Crippen MR) is 49.2 cm³/mol. The second-order valence-electron chi connectivity index (χ2n) is 2.91. The van der Waals surface area contributed by atoms with Gasteiger partial charge in [0, 0.05) is 18.7 Å². The van der Waals surface area contributed by atoms with Crippen LogP contribution in [0.15, 0.2) is 4.99 Å². The van der Waals surface area contributed by atoms with Gasteiger partial charge in [0.25, 0.3) is 5.92 Å². The Kier molecular flexibility index (Phi) is 3.50. The van der Waals surface area contributed by atoms with Crippen LogP contribution in [0.3, 0.4) is 0 Å². The predicted octanol–water partition coefficient (Wildman–Crippen LogP) is 2.96. The summed E-state index contributed by atoms with van der Waals surface area (Å²) in [5.41, 5.74) is 0. The summed E-state index contributed by atoms with van der Waals surface area (Å²) in [6, 6.07) is 0. The first kappa shape index (κ1) is 9.96. The highest BCUT2D eigenvalue weighted by Gasteiger charge is 2.30. The van der Waals surface area contributed by atoms with Gasteiger partial charge in [0.05, 0.1) is 11.5 Å². The van der Waals surface area contributed by atoms with E-state index in [0.717, 1.165) is 5.75 Å². The van der Waals surface area contributed by atoms with E-state index in [9.17, 15) is 8.78 Å². The summed E-state index contributed by atoms with van der Waals surface area (Å²) in [7, 11) is 0. The molecule has 0 atom stereocenters. The van der Waals surface area contributed by atoms with Gasteiger partial charge >= 0.3 is 0 Å². The minimum atomic E-state index is -2.54. The van der Waals surface area contributed by atoms with E-state index in [1.807, 2.05) is 0 Å². The molecule has 0 radical (unpaired) electrons. The van der Waals surface area contributed by atoms with E-state index in [0.29, 0.717) is 18.0 Å². The molecule has 0 saturated heterocycles. The van der Waals surface area contributed by atoms with Crippen molar-refractivity contribution in [2.24, 2.45) is 4.99 Å². The van der Waals surface area contributed by atoms with Crippen molar-refractivity contribution >= 4 is 16.8 Å². The third-order valence-electron chi connectivity index (χ3n) is 1.67. The molecule has 1 aliphatic rings. The first-order valence-corrected chi connectivity index (χ1v) is 5.16. The average Bonchev–Trinajstić information content (AvgIpc) is 2.38. The fourth-order valence-electron chi connectivity index (χ4n) is 1.16. The molecule has 12 heavy (non-hydrogen) atoms. The van der Waals surface area contributed by atoms with Gasteiger partial charge in [-0.1, -0.05) is 13.3 Å². The zero-order valence-electron chi connectivity index (χ0n) is 7.15. The van der Waals surface area contributed by atoms with Crippen LogP contribution in [-0.4, -0.2) is 23.3 Å². The summed E-state index contributed by atoms with van der Waals surface area (Å²) in [6.45, 7) is 2.49. The lowest BCUT2D eigenvalue weighted by Gasteiger charge is -2.14. The molecule has 0 bridgehead atoms. The fourth-order valence-corrected chi connectivity index (χ4v) is 2.08. The molecule has 1 rings (SSSR count). The number of aliphatic imine (C=N–C) groups is 1. The molecule has 1 aliphatic heterocycles. The fraction of sp³-hybridized carbons (Fsp3) is 0.875. The molecular weight excluding hydrogens is 180 g/mol. The molecule has 0 spiro atoms. The zero-order valence-corrected chi connectivity index (χ0v) is 7.96. The summed E-state index contributed by atoms with van der Waals surface area (Å²) < 4.78 is 26.0. The van der Waals surface area contributed by atoms with Crippen molar-refractivity contribution in [2.75, 3.05) is 12.3 Å². The van der Waals surface area contributed by atoms with E-state index in [4.69, 9.17) is 0 Å². The molecular formula is C8H13F2NS. The van der Waals surface area contributed by atoms with E-state index in [1.165, 1.54) is 11.8 Å². The number of rotatable bonds is 4. The standard InChI is InChI=1S/C8H13F2NS/c1-2-3-8(9,10)6-7-11-4-5-12-7/h2-6H2,1H3.